The van der Waals surface area contributed by atoms with Gasteiger partial charge >= 0.3 is 0 Å². The quantitative estimate of drug-likeness (QED) is 0.486. The minimum Gasteiger partial charge on any atom is -0.371 e. The maximum atomic E-state index is 12.0. The number of benzene rings is 1. The van der Waals surface area contributed by atoms with Gasteiger partial charge < -0.3 is 19.7 Å². The van der Waals surface area contributed by atoms with Crippen molar-refractivity contribution in [3.8, 4) is 0 Å². The zero-order valence-corrected chi connectivity index (χ0v) is 18.0. The number of amides is 2. The number of hydrogen-bond acceptors (Lipinski definition) is 6. The maximum Gasteiger partial charge on any atom is 0.243 e. The number of ether oxygens (including phenoxy) is 2. The predicted molar refractivity (Wildman–Crippen MR) is 110 cm³/mol. The summed E-state index contributed by atoms with van der Waals surface area (Å²) < 4.78 is 11.9. The van der Waals surface area contributed by atoms with Crippen LogP contribution in [0.3, 0.4) is 0 Å². The van der Waals surface area contributed by atoms with Crippen LogP contribution in [-0.2, 0) is 25.6 Å². The Morgan fingerprint density at radius 2 is 1.93 bits per heavy atom. The minimum absolute atomic E-state index is 0.154. The lowest BCUT2D eigenvalue weighted by atomic mass is 9.95. The molecule has 0 aromatic heterocycles. The second-order valence-electron chi connectivity index (χ2n) is 7.29. The molecule has 0 spiro atoms. The molecule has 1 aromatic carbocycles. The Bertz CT molecular complexity index is 703. The summed E-state index contributed by atoms with van der Waals surface area (Å²) >= 11 is 3.66. The molecule has 2 aliphatic heterocycles. The van der Waals surface area contributed by atoms with Crippen molar-refractivity contribution in [1.82, 2.24) is 10.6 Å². The van der Waals surface area contributed by atoms with Gasteiger partial charge in [-0.3, -0.25) is 14.9 Å². The fraction of sp³-hybridized carbons (Fsp3) is 0.600. The van der Waals surface area contributed by atoms with Gasteiger partial charge in [0.1, 0.15) is 0 Å². The van der Waals surface area contributed by atoms with Gasteiger partial charge in [-0.1, -0.05) is 22.0 Å². The number of rotatable bonds is 7. The number of imide groups is 1. The average Bonchev–Trinajstić information content (AvgIpc) is 2.69. The second-order valence-corrected chi connectivity index (χ2v) is 8.14. The van der Waals surface area contributed by atoms with Gasteiger partial charge in [-0.15, -0.1) is 0 Å². The third kappa shape index (κ3) is 4.92. The van der Waals surface area contributed by atoms with Gasteiger partial charge in [-0.05, 0) is 31.4 Å². The van der Waals surface area contributed by atoms with Crippen LogP contribution >= 0.6 is 15.9 Å². The normalized spacial score (nSPS) is 21.3. The van der Waals surface area contributed by atoms with Gasteiger partial charge in [0.15, 0.2) is 6.29 Å². The molecule has 0 aliphatic carbocycles. The molecule has 7 nitrogen and oxygen atoms in total. The minimum atomic E-state index is -0.340. The monoisotopic (exact) mass is 453 g/mol. The molecular weight excluding hydrogens is 426 g/mol. The molecule has 1 atom stereocenters. The Balaban J connectivity index is 1.66. The van der Waals surface area contributed by atoms with Crippen molar-refractivity contribution in [2.45, 2.75) is 44.6 Å². The van der Waals surface area contributed by atoms with Crippen LogP contribution in [0.15, 0.2) is 22.7 Å². The van der Waals surface area contributed by atoms with Gasteiger partial charge in [0.2, 0.25) is 11.8 Å². The highest BCUT2D eigenvalue weighted by atomic mass is 79.9. The van der Waals surface area contributed by atoms with Crippen LogP contribution in [0.1, 0.15) is 31.2 Å². The van der Waals surface area contributed by atoms with Crippen LogP contribution in [0.2, 0.25) is 0 Å². The number of halogens is 1. The van der Waals surface area contributed by atoms with Crippen molar-refractivity contribution in [3.63, 3.8) is 0 Å². The van der Waals surface area contributed by atoms with Crippen LogP contribution in [0.5, 0.6) is 0 Å². The van der Waals surface area contributed by atoms with Crippen LogP contribution in [0.25, 0.3) is 0 Å². The molecule has 28 heavy (non-hydrogen) atoms. The fourth-order valence-corrected chi connectivity index (χ4v) is 4.52. The van der Waals surface area contributed by atoms with E-state index in [9.17, 15) is 9.59 Å². The van der Waals surface area contributed by atoms with E-state index in [1.807, 2.05) is 12.1 Å². The largest absolute Gasteiger partial charge is 0.371 e. The Hall–Kier alpha value is -1.48. The first-order valence-corrected chi connectivity index (χ1v) is 10.5. The van der Waals surface area contributed by atoms with Gasteiger partial charge in [0.05, 0.1) is 6.04 Å². The van der Waals surface area contributed by atoms with E-state index in [-0.39, 0.29) is 24.1 Å². The van der Waals surface area contributed by atoms with Crippen molar-refractivity contribution >= 4 is 33.4 Å². The first-order chi connectivity index (χ1) is 13.5. The number of nitrogens with zero attached hydrogens (tertiary/aromatic N) is 1. The lowest BCUT2D eigenvalue weighted by Gasteiger charge is -2.37. The molecule has 0 saturated carbocycles. The number of carbonyl (C=O) groups is 2. The highest BCUT2D eigenvalue weighted by molar-refractivity contribution is 9.10. The third-order valence-electron chi connectivity index (χ3n) is 5.59. The number of methoxy groups -OCH3 is 2. The summed E-state index contributed by atoms with van der Waals surface area (Å²) in [5, 5.41) is 5.71. The smallest absolute Gasteiger partial charge is 0.243 e. The highest BCUT2D eigenvalue weighted by Crippen LogP contribution is 2.32. The van der Waals surface area contributed by atoms with Crippen LogP contribution in [0.4, 0.5) is 5.69 Å². The zero-order valence-electron chi connectivity index (χ0n) is 16.4. The molecular formula is C20H28BrN3O4. The molecule has 0 bridgehead atoms. The molecule has 2 aliphatic rings. The van der Waals surface area contributed by atoms with E-state index in [4.69, 9.17) is 9.47 Å². The molecule has 2 saturated heterocycles. The molecule has 3 rings (SSSR count). The molecule has 1 aromatic rings. The van der Waals surface area contributed by atoms with Gasteiger partial charge in [0, 0.05) is 61.9 Å². The summed E-state index contributed by atoms with van der Waals surface area (Å²) in [4.78, 5) is 25.7. The molecule has 8 heteroatoms. The number of piperidine rings is 2. The van der Waals surface area contributed by atoms with Crippen molar-refractivity contribution < 1.29 is 19.1 Å². The lowest BCUT2D eigenvalue weighted by molar-refractivity contribution is -0.141. The standard InChI is InChI=1S/C20H28BrN3O4/c1-27-20(28-2)13-8-10-24(11-9-13)17-5-3-4-15(21)14(17)12-22-16-6-7-18(25)23-19(16)26/h3-5,13,16,20,22H,6-12H2,1-2H3,(H,23,25,26). The fourth-order valence-electron chi connectivity index (χ4n) is 4.03. The van der Waals surface area contributed by atoms with E-state index in [0.29, 0.717) is 25.3 Å². The lowest BCUT2D eigenvalue weighted by Crippen LogP contribution is -2.50. The van der Waals surface area contributed by atoms with E-state index in [1.165, 1.54) is 5.69 Å². The number of carbonyl (C=O) groups excluding carboxylic acids is 2. The Kier molecular flexibility index (Phi) is 7.45. The third-order valence-corrected chi connectivity index (χ3v) is 6.33. The average molecular weight is 454 g/mol. The Morgan fingerprint density at radius 3 is 2.57 bits per heavy atom. The topological polar surface area (TPSA) is 79.9 Å². The molecule has 154 valence electrons. The SMILES string of the molecule is COC(OC)C1CCN(c2cccc(Br)c2CNC2CCC(=O)NC2=O)CC1. The summed E-state index contributed by atoms with van der Waals surface area (Å²) in [5.74, 6) is -0.0442. The molecule has 0 radical (unpaired) electrons. The highest BCUT2D eigenvalue weighted by Gasteiger charge is 2.29. The van der Waals surface area contributed by atoms with E-state index in [2.05, 4.69) is 37.5 Å². The molecule has 1 unspecified atom stereocenters. The van der Waals surface area contributed by atoms with Crippen molar-refractivity contribution in [3.05, 3.63) is 28.2 Å². The maximum absolute atomic E-state index is 12.0. The summed E-state index contributed by atoms with van der Waals surface area (Å²) in [5.41, 5.74) is 2.29. The first-order valence-electron chi connectivity index (χ1n) is 9.68. The number of nitrogens with one attached hydrogen (secondary N) is 2. The van der Waals surface area contributed by atoms with Gasteiger partial charge in [-0.25, -0.2) is 0 Å². The summed E-state index contributed by atoms with van der Waals surface area (Å²) in [6.07, 6.45) is 2.75. The summed E-state index contributed by atoms with van der Waals surface area (Å²) in [6, 6.07) is 5.83. The zero-order chi connectivity index (χ0) is 20.1. The predicted octanol–water partition coefficient (Wildman–Crippen LogP) is 2.18. The van der Waals surface area contributed by atoms with Crippen molar-refractivity contribution in [2.75, 3.05) is 32.2 Å². The molecule has 2 N–H and O–H groups in total. The second kappa shape index (κ2) is 9.82. The van der Waals surface area contributed by atoms with Crippen LogP contribution in [-0.4, -0.2) is 51.5 Å². The molecule has 2 heterocycles. The Labute approximate surface area is 174 Å². The first kappa shape index (κ1) is 21.2. The number of hydrogen-bond donors (Lipinski definition) is 2. The van der Waals surface area contributed by atoms with E-state index >= 15 is 0 Å². The van der Waals surface area contributed by atoms with Crippen molar-refractivity contribution in [2.24, 2.45) is 5.92 Å². The van der Waals surface area contributed by atoms with E-state index in [1.54, 1.807) is 14.2 Å². The summed E-state index contributed by atoms with van der Waals surface area (Å²) in [6.45, 7) is 2.41. The van der Waals surface area contributed by atoms with Crippen molar-refractivity contribution in [1.29, 1.82) is 0 Å². The van der Waals surface area contributed by atoms with Crippen LogP contribution < -0.4 is 15.5 Å². The van der Waals surface area contributed by atoms with Gasteiger partial charge in [-0.2, -0.15) is 0 Å². The molecule has 2 amide bonds. The summed E-state index contributed by atoms with van der Waals surface area (Å²) in [7, 11) is 3.38. The molecule has 2 fully saturated rings. The van der Waals surface area contributed by atoms with E-state index in [0.717, 1.165) is 36.0 Å². The van der Waals surface area contributed by atoms with E-state index < -0.39 is 0 Å². The number of anilines is 1. The Morgan fingerprint density at radius 1 is 1.21 bits per heavy atom. The van der Waals surface area contributed by atoms with Crippen LogP contribution in [0, 0.1) is 5.92 Å². The van der Waals surface area contributed by atoms with Gasteiger partial charge in [0.25, 0.3) is 0 Å².